The van der Waals surface area contributed by atoms with Gasteiger partial charge < -0.3 is 10.7 Å². The largest absolute Gasteiger partial charge is 0.358 e. The van der Waals surface area contributed by atoms with Gasteiger partial charge in [-0.1, -0.05) is 12.1 Å². The van der Waals surface area contributed by atoms with Crippen LogP contribution in [0.25, 0.3) is 10.9 Å². The molecule has 68 valence electrons. The quantitative estimate of drug-likeness (QED) is 0.789. The lowest BCUT2D eigenvalue weighted by molar-refractivity contribution is 1.09. The fourth-order valence-corrected chi connectivity index (χ4v) is 2.15. The number of rotatable bonds is 1. The highest BCUT2D eigenvalue weighted by molar-refractivity contribution is 9.10. The van der Waals surface area contributed by atoms with E-state index in [1.165, 1.54) is 10.9 Å². The maximum absolute atomic E-state index is 5.66. The molecule has 0 bridgehead atoms. The first-order valence-electron chi connectivity index (χ1n) is 4.19. The normalized spacial score (nSPS) is 11.0. The van der Waals surface area contributed by atoms with Gasteiger partial charge in [0.25, 0.3) is 0 Å². The van der Waals surface area contributed by atoms with Crippen molar-refractivity contribution in [3.05, 3.63) is 33.9 Å². The number of hydrogen-bond acceptors (Lipinski definition) is 1. The van der Waals surface area contributed by atoms with Crippen molar-refractivity contribution in [3.8, 4) is 0 Å². The average Bonchev–Trinajstić information content (AvgIpc) is 2.43. The summed E-state index contributed by atoms with van der Waals surface area (Å²) in [7, 11) is 0. The van der Waals surface area contributed by atoms with E-state index in [0.29, 0.717) is 6.54 Å². The number of aromatic amines is 1. The molecule has 13 heavy (non-hydrogen) atoms. The predicted octanol–water partition coefficient (Wildman–Crippen LogP) is 2.70. The number of aryl methyl sites for hydroxylation is 1. The Balaban J connectivity index is 2.87. The molecule has 0 aliphatic heterocycles. The maximum atomic E-state index is 5.66. The fraction of sp³-hybridized carbons (Fsp3) is 0.200. The summed E-state index contributed by atoms with van der Waals surface area (Å²) in [4.78, 5) is 3.30. The predicted molar refractivity (Wildman–Crippen MR) is 58.6 cm³/mol. The third-order valence-corrected chi connectivity index (χ3v) is 3.23. The van der Waals surface area contributed by atoms with E-state index in [0.717, 1.165) is 15.7 Å². The second kappa shape index (κ2) is 3.16. The molecule has 1 aromatic heterocycles. The van der Waals surface area contributed by atoms with Crippen LogP contribution in [0.5, 0.6) is 0 Å². The van der Waals surface area contributed by atoms with Gasteiger partial charge in [0.15, 0.2) is 0 Å². The number of nitrogens with one attached hydrogen (secondary N) is 1. The van der Waals surface area contributed by atoms with Gasteiger partial charge in [0.1, 0.15) is 0 Å². The van der Waals surface area contributed by atoms with E-state index in [2.05, 4.69) is 33.0 Å². The minimum atomic E-state index is 0.577. The first-order chi connectivity index (χ1) is 6.24. The van der Waals surface area contributed by atoms with Gasteiger partial charge in [-0.25, -0.2) is 0 Å². The third kappa shape index (κ3) is 1.28. The zero-order valence-electron chi connectivity index (χ0n) is 7.39. The minimum Gasteiger partial charge on any atom is -0.358 e. The molecule has 1 aromatic carbocycles. The van der Waals surface area contributed by atoms with E-state index in [9.17, 15) is 0 Å². The fourth-order valence-electron chi connectivity index (χ4n) is 1.58. The molecular weight excluding hydrogens is 228 g/mol. The van der Waals surface area contributed by atoms with E-state index in [1.54, 1.807) is 0 Å². The van der Waals surface area contributed by atoms with Gasteiger partial charge in [-0.3, -0.25) is 0 Å². The minimum absolute atomic E-state index is 0.577. The summed E-state index contributed by atoms with van der Waals surface area (Å²) in [6, 6.07) is 6.14. The number of halogens is 1. The molecule has 0 spiro atoms. The van der Waals surface area contributed by atoms with Gasteiger partial charge in [-0.05, 0) is 34.5 Å². The molecule has 3 N–H and O–H groups in total. The molecule has 0 radical (unpaired) electrons. The highest BCUT2D eigenvalue weighted by atomic mass is 79.9. The van der Waals surface area contributed by atoms with E-state index in [-0.39, 0.29) is 0 Å². The van der Waals surface area contributed by atoms with Gasteiger partial charge in [0, 0.05) is 27.6 Å². The summed E-state index contributed by atoms with van der Waals surface area (Å²) < 4.78 is 1.13. The van der Waals surface area contributed by atoms with Crippen LogP contribution in [0, 0.1) is 6.92 Å². The molecule has 0 atom stereocenters. The Morgan fingerprint density at radius 3 is 2.92 bits per heavy atom. The molecular formula is C10H11BrN2. The lowest BCUT2D eigenvalue weighted by Gasteiger charge is -1.98. The summed E-state index contributed by atoms with van der Waals surface area (Å²) in [5.74, 6) is 0. The van der Waals surface area contributed by atoms with Gasteiger partial charge >= 0.3 is 0 Å². The summed E-state index contributed by atoms with van der Waals surface area (Å²) in [6.07, 6.45) is 0. The SMILES string of the molecule is Cc1[nH]c2cccc(CN)c2c1Br. The van der Waals surface area contributed by atoms with Crippen molar-refractivity contribution in [3.63, 3.8) is 0 Å². The lowest BCUT2D eigenvalue weighted by atomic mass is 10.1. The van der Waals surface area contributed by atoms with Crippen molar-refractivity contribution >= 4 is 26.8 Å². The average molecular weight is 239 g/mol. The number of H-pyrrole nitrogens is 1. The summed E-state index contributed by atoms with van der Waals surface area (Å²) in [6.45, 7) is 2.62. The lowest BCUT2D eigenvalue weighted by Crippen LogP contribution is -1.96. The van der Waals surface area contributed by atoms with Crippen LogP contribution in [0.15, 0.2) is 22.7 Å². The van der Waals surface area contributed by atoms with E-state index in [4.69, 9.17) is 5.73 Å². The third-order valence-electron chi connectivity index (χ3n) is 2.24. The summed E-state index contributed by atoms with van der Waals surface area (Å²) >= 11 is 3.56. The van der Waals surface area contributed by atoms with Crippen LogP contribution in [-0.2, 0) is 6.54 Å². The zero-order chi connectivity index (χ0) is 9.42. The van der Waals surface area contributed by atoms with Crippen LogP contribution in [-0.4, -0.2) is 4.98 Å². The molecule has 1 heterocycles. The van der Waals surface area contributed by atoms with Crippen LogP contribution in [0.1, 0.15) is 11.3 Å². The first kappa shape index (κ1) is 8.78. The topological polar surface area (TPSA) is 41.8 Å². The van der Waals surface area contributed by atoms with Gasteiger partial charge in [-0.15, -0.1) is 0 Å². The molecule has 0 fully saturated rings. The Labute approximate surface area is 85.3 Å². The summed E-state index contributed by atoms with van der Waals surface area (Å²) in [5.41, 5.74) is 9.13. The standard InChI is InChI=1S/C10H11BrN2/c1-6-10(11)9-7(5-12)3-2-4-8(9)13-6/h2-4,13H,5,12H2,1H3. The Hall–Kier alpha value is -0.800. The Bertz CT molecular complexity index is 445. The number of aromatic nitrogens is 1. The monoisotopic (exact) mass is 238 g/mol. The van der Waals surface area contributed by atoms with Crippen molar-refractivity contribution < 1.29 is 0 Å². The van der Waals surface area contributed by atoms with Crippen LogP contribution >= 0.6 is 15.9 Å². The molecule has 0 amide bonds. The molecule has 2 nitrogen and oxygen atoms in total. The smallest absolute Gasteiger partial charge is 0.0471 e. The second-order valence-electron chi connectivity index (χ2n) is 3.11. The van der Waals surface area contributed by atoms with Crippen LogP contribution in [0.3, 0.4) is 0 Å². The first-order valence-corrected chi connectivity index (χ1v) is 4.99. The Kier molecular flexibility index (Phi) is 2.14. The Morgan fingerprint density at radius 1 is 1.46 bits per heavy atom. The molecule has 2 aromatic rings. The number of fused-ring (bicyclic) bond motifs is 1. The summed E-state index contributed by atoms with van der Waals surface area (Å²) in [5, 5.41) is 1.21. The van der Waals surface area contributed by atoms with Crippen molar-refractivity contribution in [1.29, 1.82) is 0 Å². The molecule has 0 aliphatic carbocycles. The molecule has 0 saturated heterocycles. The van der Waals surface area contributed by atoms with E-state index < -0.39 is 0 Å². The van der Waals surface area contributed by atoms with Crippen LogP contribution < -0.4 is 5.73 Å². The van der Waals surface area contributed by atoms with Gasteiger partial charge in [-0.2, -0.15) is 0 Å². The molecule has 0 saturated carbocycles. The molecule has 0 aliphatic rings. The van der Waals surface area contributed by atoms with Crippen molar-refractivity contribution in [2.24, 2.45) is 5.73 Å². The van der Waals surface area contributed by atoms with Crippen molar-refractivity contribution in [2.45, 2.75) is 13.5 Å². The Morgan fingerprint density at radius 2 is 2.23 bits per heavy atom. The molecule has 3 heteroatoms. The maximum Gasteiger partial charge on any atom is 0.0471 e. The number of nitrogens with two attached hydrogens (primary N) is 1. The zero-order valence-corrected chi connectivity index (χ0v) is 8.98. The van der Waals surface area contributed by atoms with Crippen LogP contribution in [0.4, 0.5) is 0 Å². The number of benzene rings is 1. The second-order valence-corrected chi connectivity index (χ2v) is 3.90. The van der Waals surface area contributed by atoms with Gasteiger partial charge in [0.05, 0.1) is 0 Å². The van der Waals surface area contributed by atoms with Gasteiger partial charge in [0.2, 0.25) is 0 Å². The number of hydrogen-bond donors (Lipinski definition) is 2. The van der Waals surface area contributed by atoms with Crippen molar-refractivity contribution in [1.82, 2.24) is 4.98 Å². The molecule has 0 unspecified atom stereocenters. The van der Waals surface area contributed by atoms with E-state index >= 15 is 0 Å². The molecule has 2 rings (SSSR count). The van der Waals surface area contributed by atoms with E-state index in [1.807, 2.05) is 13.0 Å². The van der Waals surface area contributed by atoms with Crippen LogP contribution in [0.2, 0.25) is 0 Å². The highest BCUT2D eigenvalue weighted by Crippen LogP contribution is 2.29. The van der Waals surface area contributed by atoms with Crippen molar-refractivity contribution in [2.75, 3.05) is 0 Å². The highest BCUT2D eigenvalue weighted by Gasteiger charge is 2.07.